The van der Waals surface area contributed by atoms with Gasteiger partial charge in [0.25, 0.3) is 0 Å². The molecule has 0 bridgehead atoms. The van der Waals surface area contributed by atoms with Crippen molar-refractivity contribution in [2.45, 2.75) is 32.9 Å². The second-order valence-corrected chi connectivity index (χ2v) is 9.38. The number of benzene rings is 2. The average molecular weight is 463 g/mol. The first-order valence-corrected chi connectivity index (χ1v) is 11.6. The van der Waals surface area contributed by atoms with E-state index in [1.807, 2.05) is 6.92 Å². The highest BCUT2D eigenvalue weighted by atomic mass is 32.2. The summed E-state index contributed by atoms with van der Waals surface area (Å²) < 4.78 is 27.6. The number of carbonyl (C=O) groups is 1. The fourth-order valence-corrected chi connectivity index (χ4v) is 4.36. The molecule has 0 saturated carbocycles. The van der Waals surface area contributed by atoms with Crippen LogP contribution in [0.2, 0.25) is 0 Å². The summed E-state index contributed by atoms with van der Waals surface area (Å²) >= 11 is 1.64. The summed E-state index contributed by atoms with van der Waals surface area (Å²) in [6.07, 6.45) is 0. The van der Waals surface area contributed by atoms with E-state index in [-0.39, 0.29) is 16.4 Å². The van der Waals surface area contributed by atoms with Crippen molar-refractivity contribution in [2.24, 2.45) is 5.41 Å². The van der Waals surface area contributed by atoms with Gasteiger partial charge in [-0.3, -0.25) is 4.79 Å². The summed E-state index contributed by atoms with van der Waals surface area (Å²) in [5.74, 6) is 3.46. The Labute approximate surface area is 195 Å². The molecule has 1 unspecified atom stereocenters. The molecule has 2 rings (SSSR count). The van der Waals surface area contributed by atoms with E-state index in [4.69, 9.17) is 23.7 Å². The highest BCUT2D eigenvalue weighted by Crippen LogP contribution is 2.43. The fourth-order valence-electron chi connectivity index (χ4n) is 3.12. The molecule has 0 saturated heterocycles. The van der Waals surface area contributed by atoms with E-state index >= 15 is 0 Å². The zero-order valence-electron chi connectivity index (χ0n) is 20.0. The second kappa shape index (κ2) is 12.0. The van der Waals surface area contributed by atoms with Crippen molar-refractivity contribution in [1.82, 2.24) is 0 Å². The average Bonchev–Trinajstić information content (AvgIpc) is 2.78. The van der Waals surface area contributed by atoms with Crippen LogP contribution in [0.15, 0.2) is 36.4 Å². The first kappa shape index (κ1) is 25.9. The van der Waals surface area contributed by atoms with Gasteiger partial charge in [0, 0.05) is 30.1 Å². The Kier molecular flexibility index (Phi) is 9.72. The Morgan fingerprint density at radius 1 is 0.938 bits per heavy atom. The van der Waals surface area contributed by atoms with Crippen molar-refractivity contribution >= 4 is 17.5 Å². The van der Waals surface area contributed by atoms with Crippen molar-refractivity contribution in [3.05, 3.63) is 42.0 Å². The predicted octanol–water partition coefficient (Wildman–Crippen LogP) is 5.87. The number of rotatable bonds is 12. The quantitative estimate of drug-likeness (QED) is 0.289. The molecule has 0 fully saturated rings. The van der Waals surface area contributed by atoms with Crippen LogP contribution < -0.4 is 18.9 Å². The first-order chi connectivity index (χ1) is 15.2. The molecule has 176 valence electrons. The zero-order valence-corrected chi connectivity index (χ0v) is 20.8. The first-order valence-electron chi connectivity index (χ1n) is 10.6. The molecule has 0 aliphatic carbocycles. The summed E-state index contributed by atoms with van der Waals surface area (Å²) in [6.45, 7) is 9.55. The molecule has 0 aliphatic rings. The largest absolute Gasteiger partial charge is 0.496 e. The van der Waals surface area contributed by atoms with Crippen molar-refractivity contribution in [2.75, 3.05) is 40.3 Å². The molecule has 2 aromatic rings. The van der Waals surface area contributed by atoms with Gasteiger partial charge in [-0.2, -0.15) is 0 Å². The maximum Gasteiger partial charge on any atom is 0.211 e. The fraction of sp³-hybridized carbons (Fsp3) is 0.480. The van der Waals surface area contributed by atoms with Crippen LogP contribution in [-0.4, -0.2) is 51.3 Å². The van der Waals surface area contributed by atoms with Gasteiger partial charge in [-0.15, -0.1) is 11.8 Å². The Morgan fingerprint density at radius 2 is 1.53 bits per heavy atom. The standard InChI is InChI=1S/C25H34O6S/c1-8-30-13-14-32-24(25(2,3)4)22(26)17-9-11-18(12-10-17)31-23-20(28-6)15-19(27-5)16-21(23)29-7/h9-12,15-16,24H,8,13-14H2,1-7H3. The third-order valence-electron chi connectivity index (χ3n) is 4.77. The van der Waals surface area contributed by atoms with Crippen molar-refractivity contribution in [3.8, 4) is 28.7 Å². The van der Waals surface area contributed by atoms with Crippen LogP contribution >= 0.6 is 11.8 Å². The lowest BCUT2D eigenvalue weighted by Gasteiger charge is -2.29. The molecule has 0 heterocycles. The van der Waals surface area contributed by atoms with Crippen molar-refractivity contribution in [1.29, 1.82) is 0 Å². The van der Waals surface area contributed by atoms with E-state index in [1.165, 1.54) is 0 Å². The van der Waals surface area contributed by atoms with E-state index in [9.17, 15) is 4.79 Å². The van der Waals surface area contributed by atoms with Gasteiger partial charge in [0.15, 0.2) is 17.3 Å². The van der Waals surface area contributed by atoms with Gasteiger partial charge in [0.05, 0.1) is 33.2 Å². The Morgan fingerprint density at radius 3 is 2.00 bits per heavy atom. The van der Waals surface area contributed by atoms with Gasteiger partial charge in [-0.05, 0) is 36.6 Å². The second-order valence-electron chi connectivity index (χ2n) is 8.17. The van der Waals surface area contributed by atoms with E-state index in [0.29, 0.717) is 47.5 Å². The molecule has 0 amide bonds. The van der Waals surface area contributed by atoms with Crippen LogP contribution in [0.3, 0.4) is 0 Å². The molecule has 0 aliphatic heterocycles. The van der Waals surface area contributed by atoms with Gasteiger partial charge in [-0.25, -0.2) is 0 Å². The third-order valence-corrected chi connectivity index (χ3v) is 6.43. The molecule has 2 aromatic carbocycles. The summed E-state index contributed by atoms with van der Waals surface area (Å²) in [7, 11) is 4.68. The number of hydrogen-bond acceptors (Lipinski definition) is 7. The van der Waals surface area contributed by atoms with Crippen LogP contribution in [0.1, 0.15) is 38.1 Å². The molecule has 0 aromatic heterocycles. The highest BCUT2D eigenvalue weighted by Gasteiger charge is 2.32. The number of ketones is 1. The maximum atomic E-state index is 13.2. The number of Topliss-reactive ketones (excluding diaryl/α,β-unsaturated/α-hetero) is 1. The maximum absolute atomic E-state index is 13.2. The highest BCUT2D eigenvalue weighted by molar-refractivity contribution is 8.00. The summed E-state index contributed by atoms with van der Waals surface area (Å²) in [5.41, 5.74) is 0.474. The number of methoxy groups -OCH3 is 3. The predicted molar refractivity (Wildman–Crippen MR) is 129 cm³/mol. The molecule has 0 N–H and O–H groups in total. The topological polar surface area (TPSA) is 63.2 Å². The van der Waals surface area contributed by atoms with Crippen molar-refractivity contribution in [3.63, 3.8) is 0 Å². The molecule has 1 atom stereocenters. The lowest BCUT2D eigenvalue weighted by Crippen LogP contribution is -2.32. The summed E-state index contributed by atoms with van der Waals surface area (Å²) in [5, 5.41) is -0.170. The summed E-state index contributed by atoms with van der Waals surface area (Å²) in [4.78, 5) is 13.2. The van der Waals surface area contributed by atoms with Gasteiger partial charge in [-0.1, -0.05) is 20.8 Å². The van der Waals surface area contributed by atoms with Gasteiger partial charge in [0.2, 0.25) is 5.75 Å². The van der Waals surface area contributed by atoms with E-state index in [0.717, 1.165) is 5.75 Å². The number of hydrogen-bond donors (Lipinski definition) is 0. The SMILES string of the molecule is CCOCCSC(C(=O)c1ccc(Oc2c(OC)cc(OC)cc2OC)cc1)C(C)(C)C. The zero-order chi connectivity index (χ0) is 23.7. The third kappa shape index (κ3) is 6.81. The van der Waals surface area contributed by atoms with Gasteiger partial charge >= 0.3 is 0 Å². The summed E-state index contributed by atoms with van der Waals surface area (Å²) in [6, 6.07) is 10.6. The molecular weight excluding hydrogens is 428 g/mol. The van der Waals surface area contributed by atoms with Crippen LogP contribution in [0.5, 0.6) is 28.7 Å². The lowest BCUT2D eigenvalue weighted by atomic mass is 9.87. The van der Waals surface area contributed by atoms with E-state index in [1.54, 1.807) is 69.5 Å². The molecule has 6 nitrogen and oxygen atoms in total. The molecule has 0 radical (unpaired) electrons. The van der Waals surface area contributed by atoms with Crippen LogP contribution in [0, 0.1) is 5.41 Å². The Balaban J connectivity index is 2.21. The number of carbonyl (C=O) groups excluding carboxylic acids is 1. The Hall–Kier alpha value is -2.38. The number of thioether (sulfide) groups is 1. The van der Waals surface area contributed by atoms with Gasteiger partial charge in [0.1, 0.15) is 11.5 Å². The van der Waals surface area contributed by atoms with Crippen molar-refractivity contribution < 1.29 is 28.5 Å². The lowest BCUT2D eigenvalue weighted by molar-refractivity contribution is 0.0950. The molecule has 0 spiro atoms. The smallest absolute Gasteiger partial charge is 0.211 e. The molecular formula is C25H34O6S. The normalized spacial score (nSPS) is 12.2. The van der Waals surface area contributed by atoms with E-state index < -0.39 is 0 Å². The van der Waals surface area contributed by atoms with Gasteiger partial charge < -0.3 is 23.7 Å². The minimum absolute atomic E-state index is 0.102. The van der Waals surface area contributed by atoms with Crippen LogP contribution in [0.25, 0.3) is 0 Å². The molecule has 7 heteroatoms. The van der Waals surface area contributed by atoms with Crippen LogP contribution in [0.4, 0.5) is 0 Å². The molecule has 32 heavy (non-hydrogen) atoms. The minimum Gasteiger partial charge on any atom is -0.496 e. The number of ether oxygens (including phenoxy) is 5. The monoisotopic (exact) mass is 462 g/mol. The van der Waals surface area contributed by atoms with E-state index in [2.05, 4.69) is 20.8 Å². The Bertz CT molecular complexity index is 848. The minimum atomic E-state index is -0.174. The van der Waals surface area contributed by atoms with Crippen LogP contribution in [-0.2, 0) is 4.74 Å².